The van der Waals surface area contributed by atoms with Crippen molar-refractivity contribution >= 4 is 8.03 Å². The minimum absolute atomic E-state index is 0.0587. The van der Waals surface area contributed by atoms with Crippen LogP contribution in [0.15, 0.2) is 0 Å². The molecule has 0 radical (unpaired) electrons. The molecular formula is C12H26O2P+. The third-order valence-electron chi connectivity index (χ3n) is 2.84. The summed E-state index contributed by atoms with van der Waals surface area (Å²) < 4.78 is 11.1. The van der Waals surface area contributed by atoms with Crippen LogP contribution in [0.25, 0.3) is 0 Å². The van der Waals surface area contributed by atoms with Gasteiger partial charge in [-0.3, -0.25) is 0 Å². The third-order valence-corrected chi connectivity index (χ3v) is 3.99. The molecule has 0 fully saturated rings. The molecule has 2 atom stereocenters. The van der Waals surface area contributed by atoms with E-state index in [0.717, 1.165) is 25.7 Å². The molecular weight excluding hydrogens is 207 g/mol. The second kappa shape index (κ2) is 10.6. The molecule has 0 spiro atoms. The molecule has 0 saturated heterocycles. The van der Waals surface area contributed by atoms with E-state index in [0.29, 0.717) is 0 Å². The lowest BCUT2D eigenvalue weighted by Gasteiger charge is -2.04. The summed E-state index contributed by atoms with van der Waals surface area (Å²) in [5, 5.41) is 0. The SMILES string of the molecule is CCCCCCC(CCCCC)[P+](=O)O. The molecule has 0 saturated carbocycles. The van der Waals surface area contributed by atoms with Gasteiger partial charge in [0.2, 0.25) is 0 Å². The summed E-state index contributed by atoms with van der Waals surface area (Å²) in [7, 11) is -1.95. The van der Waals surface area contributed by atoms with Crippen molar-refractivity contribution < 1.29 is 9.46 Å². The molecule has 90 valence electrons. The van der Waals surface area contributed by atoms with E-state index in [1.54, 1.807) is 0 Å². The Hall–Kier alpha value is 0.0600. The van der Waals surface area contributed by atoms with Gasteiger partial charge in [0.15, 0.2) is 5.66 Å². The van der Waals surface area contributed by atoms with Gasteiger partial charge >= 0.3 is 8.03 Å². The first kappa shape index (κ1) is 15.1. The number of hydrogen-bond donors (Lipinski definition) is 1. The Labute approximate surface area is 95.3 Å². The van der Waals surface area contributed by atoms with E-state index in [2.05, 4.69) is 13.8 Å². The van der Waals surface area contributed by atoms with Gasteiger partial charge in [0, 0.05) is 0 Å². The fourth-order valence-corrected chi connectivity index (χ4v) is 2.61. The van der Waals surface area contributed by atoms with E-state index in [-0.39, 0.29) is 5.66 Å². The summed E-state index contributed by atoms with van der Waals surface area (Å²) in [5.41, 5.74) is 0.0587. The van der Waals surface area contributed by atoms with Crippen LogP contribution in [0.3, 0.4) is 0 Å². The molecule has 0 aliphatic carbocycles. The lowest BCUT2D eigenvalue weighted by atomic mass is 10.1. The molecule has 0 aliphatic rings. The van der Waals surface area contributed by atoms with Crippen LogP contribution in [0.1, 0.15) is 71.6 Å². The smallest absolute Gasteiger partial charge is 0.161 e. The van der Waals surface area contributed by atoms with Crippen LogP contribution in [0.2, 0.25) is 0 Å². The Balaban J connectivity index is 3.59. The monoisotopic (exact) mass is 233 g/mol. The molecule has 0 aromatic rings. The van der Waals surface area contributed by atoms with E-state index >= 15 is 0 Å². The largest absolute Gasteiger partial charge is 0.508 e. The summed E-state index contributed by atoms with van der Waals surface area (Å²) in [6.45, 7) is 4.35. The van der Waals surface area contributed by atoms with Gasteiger partial charge in [-0.1, -0.05) is 46.0 Å². The molecule has 2 nitrogen and oxygen atoms in total. The normalized spacial score (nSPS) is 13.9. The van der Waals surface area contributed by atoms with Gasteiger partial charge in [-0.15, -0.1) is 0 Å². The molecule has 0 aromatic heterocycles. The van der Waals surface area contributed by atoms with Crippen molar-refractivity contribution in [3.05, 3.63) is 0 Å². The lowest BCUT2D eigenvalue weighted by molar-refractivity contribution is 0.465. The molecule has 0 bridgehead atoms. The maximum Gasteiger partial charge on any atom is 0.508 e. The maximum atomic E-state index is 11.1. The Kier molecular flexibility index (Phi) is 10.6. The Morgan fingerprint density at radius 2 is 1.40 bits per heavy atom. The van der Waals surface area contributed by atoms with Gasteiger partial charge in [-0.05, 0) is 30.2 Å². The molecule has 0 rings (SSSR count). The second-order valence-corrected chi connectivity index (χ2v) is 5.64. The highest BCUT2D eigenvalue weighted by Crippen LogP contribution is 2.31. The molecule has 0 aliphatic heterocycles. The van der Waals surface area contributed by atoms with Gasteiger partial charge in [-0.2, -0.15) is 4.89 Å². The number of rotatable bonds is 10. The first-order valence-electron chi connectivity index (χ1n) is 6.37. The minimum Gasteiger partial charge on any atom is -0.161 e. The minimum atomic E-state index is -1.95. The van der Waals surface area contributed by atoms with Gasteiger partial charge in [-0.25, -0.2) is 0 Å². The van der Waals surface area contributed by atoms with Gasteiger partial charge in [0.1, 0.15) is 0 Å². The first-order chi connectivity index (χ1) is 7.22. The van der Waals surface area contributed by atoms with Crippen molar-refractivity contribution in [3.8, 4) is 0 Å². The van der Waals surface area contributed by atoms with Gasteiger partial charge < -0.3 is 0 Å². The molecule has 0 heterocycles. The highest BCUT2D eigenvalue weighted by atomic mass is 31.1. The first-order valence-corrected chi connectivity index (χ1v) is 7.65. The molecule has 0 amide bonds. The zero-order chi connectivity index (χ0) is 11.5. The van der Waals surface area contributed by atoms with E-state index in [9.17, 15) is 9.46 Å². The highest BCUT2D eigenvalue weighted by Gasteiger charge is 2.27. The quantitative estimate of drug-likeness (QED) is 0.441. The van der Waals surface area contributed by atoms with Crippen molar-refractivity contribution in [2.45, 2.75) is 77.3 Å². The van der Waals surface area contributed by atoms with E-state index in [1.165, 1.54) is 32.1 Å². The van der Waals surface area contributed by atoms with Crippen LogP contribution >= 0.6 is 8.03 Å². The number of unbranched alkanes of at least 4 members (excludes halogenated alkanes) is 5. The predicted molar refractivity (Wildman–Crippen MR) is 66.5 cm³/mol. The third kappa shape index (κ3) is 9.02. The van der Waals surface area contributed by atoms with Crippen LogP contribution in [-0.2, 0) is 4.57 Å². The average molecular weight is 233 g/mol. The Bertz CT molecular complexity index is 160. The second-order valence-electron chi connectivity index (χ2n) is 4.30. The Morgan fingerprint density at radius 3 is 1.87 bits per heavy atom. The zero-order valence-electron chi connectivity index (χ0n) is 10.2. The summed E-state index contributed by atoms with van der Waals surface area (Å²) in [6, 6.07) is 0. The maximum absolute atomic E-state index is 11.1. The fourth-order valence-electron chi connectivity index (χ4n) is 1.80. The standard InChI is InChI=1S/C12H25O2P/c1-3-5-7-9-11-12(15(13)14)10-8-6-4-2/h12H,3-11H2,1-2H3/p+1. The lowest BCUT2D eigenvalue weighted by Crippen LogP contribution is -2.02. The predicted octanol–water partition coefficient (Wildman–Crippen LogP) is 4.64. The van der Waals surface area contributed by atoms with Gasteiger partial charge in [0.05, 0.1) is 0 Å². The summed E-state index contributed by atoms with van der Waals surface area (Å²) in [6.07, 6.45) is 10.2. The van der Waals surface area contributed by atoms with Crippen molar-refractivity contribution in [1.29, 1.82) is 0 Å². The Morgan fingerprint density at radius 1 is 0.933 bits per heavy atom. The topological polar surface area (TPSA) is 37.3 Å². The van der Waals surface area contributed by atoms with Crippen LogP contribution in [-0.4, -0.2) is 10.6 Å². The van der Waals surface area contributed by atoms with Crippen LogP contribution in [0, 0.1) is 0 Å². The zero-order valence-corrected chi connectivity index (χ0v) is 11.1. The van der Waals surface area contributed by atoms with Crippen LogP contribution in [0.4, 0.5) is 0 Å². The molecule has 0 aromatic carbocycles. The highest BCUT2D eigenvalue weighted by molar-refractivity contribution is 7.38. The molecule has 1 N–H and O–H groups in total. The van der Waals surface area contributed by atoms with Crippen molar-refractivity contribution in [1.82, 2.24) is 0 Å². The van der Waals surface area contributed by atoms with Crippen molar-refractivity contribution in [2.75, 3.05) is 0 Å². The summed E-state index contributed by atoms with van der Waals surface area (Å²) in [5.74, 6) is 0. The van der Waals surface area contributed by atoms with Crippen LogP contribution in [0.5, 0.6) is 0 Å². The summed E-state index contributed by atoms with van der Waals surface area (Å²) in [4.78, 5) is 9.18. The molecule has 2 unspecified atom stereocenters. The number of hydrogen-bond acceptors (Lipinski definition) is 1. The van der Waals surface area contributed by atoms with Gasteiger partial charge in [0.25, 0.3) is 0 Å². The van der Waals surface area contributed by atoms with Crippen molar-refractivity contribution in [2.24, 2.45) is 0 Å². The van der Waals surface area contributed by atoms with E-state index in [1.807, 2.05) is 0 Å². The summed E-state index contributed by atoms with van der Waals surface area (Å²) >= 11 is 0. The van der Waals surface area contributed by atoms with E-state index < -0.39 is 8.03 Å². The fraction of sp³-hybridized carbons (Fsp3) is 1.00. The molecule has 15 heavy (non-hydrogen) atoms. The van der Waals surface area contributed by atoms with Crippen molar-refractivity contribution in [3.63, 3.8) is 0 Å². The average Bonchev–Trinajstić information content (AvgIpc) is 2.21. The van der Waals surface area contributed by atoms with E-state index in [4.69, 9.17) is 0 Å². The van der Waals surface area contributed by atoms with Crippen LogP contribution < -0.4 is 0 Å². The molecule has 3 heteroatoms.